The van der Waals surface area contributed by atoms with E-state index in [4.69, 9.17) is 9.47 Å². The Hall–Kier alpha value is -2.51. The lowest BCUT2D eigenvalue weighted by Gasteiger charge is -2.11. The lowest BCUT2D eigenvalue weighted by Crippen LogP contribution is -2.28. The van der Waals surface area contributed by atoms with Crippen LogP contribution >= 0.6 is 11.8 Å². The molecule has 6 nitrogen and oxygen atoms in total. The molecule has 0 heterocycles. The zero-order valence-electron chi connectivity index (χ0n) is 14.8. The molecule has 26 heavy (non-hydrogen) atoms. The van der Waals surface area contributed by atoms with Crippen molar-refractivity contribution in [3.63, 3.8) is 0 Å². The fourth-order valence-electron chi connectivity index (χ4n) is 2.17. The Morgan fingerprint density at radius 3 is 2.65 bits per heavy atom. The summed E-state index contributed by atoms with van der Waals surface area (Å²) in [6.07, 6.45) is 0. The van der Waals surface area contributed by atoms with Gasteiger partial charge in [-0.2, -0.15) is 0 Å². The summed E-state index contributed by atoms with van der Waals surface area (Å²) in [6, 6.07) is 14.3. The maximum absolute atomic E-state index is 12.6. The van der Waals surface area contributed by atoms with Crippen LogP contribution in [0, 0.1) is 0 Å². The van der Waals surface area contributed by atoms with Gasteiger partial charge in [0.05, 0.1) is 25.0 Å². The van der Waals surface area contributed by atoms with E-state index in [-0.39, 0.29) is 17.6 Å². The molecule has 0 radical (unpaired) electrons. The van der Waals surface area contributed by atoms with E-state index in [0.29, 0.717) is 30.2 Å². The van der Waals surface area contributed by atoms with Crippen LogP contribution in [0.5, 0.6) is 5.75 Å². The first-order chi connectivity index (χ1) is 12.6. The number of nitrogens with one attached hydrogen (secondary N) is 2. The van der Waals surface area contributed by atoms with Gasteiger partial charge < -0.3 is 20.1 Å². The Morgan fingerprint density at radius 2 is 1.88 bits per heavy atom. The molecule has 0 fully saturated rings. The summed E-state index contributed by atoms with van der Waals surface area (Å²) >= 11 is 1.32. The molecule has 2 amide bonds. The largest absolute Gasteiger partial charge is 0.497 e. The zero-order chi connectivity index (χ0) is 18.8. The van der Waals surface area contributed by atoms with Crippen LogP contribution in [-0.2, 0) is 9.53 Å². The van der Waals surface area contributed by atoms with Crippen molar-refractivity contribution in [2.75, 3.05) is 38.4 Å². The van der Waals surface area contributed by atoms with Crippen molar-refractivity contribution >= 4 is 29.3 Å². The molecule has 2 rings (SSSR count). The second-order valence-electron chi connectivity index (χ2n) is 5.31. The van der Waals surface area contributed by atoms with E-state index in [0.717, 1.165) is 4.90 Å². The molecule has 0 atom stereocenters. The van der Waals surface area contributed by atoms with Crippen molar-refractivity contribution in [1.29, 1.82) is 0 Å². The first-order valence-electron chi connectivity index (χ1n) is 8.07. The van der Waals surface area contributed by atoms with Gasteiger partial charge in [0.2, 0.25) is 5.91 Å². The molecule has 0 aliphatic carbocycles. The first-order valence-corrected chi connectivity index (χ1v) is 9.05. The van der Waals surface area contributed by atoms with E-state index in [1.165, 1.54) is 11.8 Å². The second kappa shape index (κ2) is 10.5. The van der Waals surface area contributed by atoms with E-state index in [1.807, 2.05) is 18.2 Å². The summed E-state index contributed by atoms with van der Waals surface area (Å²) in [5.41, 5.74) is 1.16. The molecule has 138 valence electrons. The highest BCUT2D eigenvalue weighted by Gasteiger charge is 2.13. The minimum absolute atomic E-state index is 0.102. The van der Waals surface area contributed by atoms with E-state index in [2.05, 4.69) is 10.6 Å². The normalized spacial score (nSPS) is 10.2. The maximum Gasteiger partial charge on any atom is 0.256 e. The predicted octanol–water partition coefficient (Wildman–Crippen LogP) is 2.80. The molecule has 2 N–H and O–H groups in total. The third-order valence-electron chi connectivity index (χ3n) is 3.45. The van der Waals surface area contributed by atoms with Gasteiger partial charge in [-0.3, -0.25) is 9.59 Å². The van der Waals surface area contributed by atoms with E-state index >= 15 is 0 Å². The number of carbonyl (C=O) groups is 2. The van der Waals surface area contributed by atoms with E-state index in [1.54, 1.807) is 44.6 Å². The number of benzene rings is 2. The molecular weight excluding hydrogens is 352 g/mol. The number of anilines is 1. The summed E-state index contributed by atoms with van der Waals surface area (Å²) in [4.78, 5) is 25.2. The second-order valence-corrected chi connectivity index (χ2v) is 6.33. The molecule has 0 aliphatic heterocycles. The van der Waals surface area contributed by atoms with Crippen molar-refractivity contribution in [2.24, 2.45) is 0 Å². The average molecular weight is 374 g/mol. The molecule has 0 saturated carbocycles. The summed E-state index contributed by atoms with van der Waals surface area (Å²) in [5.74, 6) is 0.557. The van der Waals surface area contributed by atoms with Crippen molar-refractivity contribution < 1.29 is 19.1 Å². The van der Waals surface area contributed by atoms with Crippen molar-refractivity contribution in [3.05, 3.63) is 54.1 Å². The molecule has 0 aliphatic rings. The van der Waals surface area contributed by atoms with Gasteiger partial charge in [-0.15, -0.1) is 11.8 Å². The van der Waals surface area contributed by atoms with Gasteiger partial charge in [-0.25, -0.2) is 0 Å². The van der Waals surface area contributed by atoms with E-state index < -0.39 is 0 Å². The number of hydrogen-bond acceptors (Lipinski definition) is 5. The monoisotopic (exact) mass is 374 g/mol. The Balaban J connectivity index is 2.00. The lowest BCUT2D eigenvalue weighted by atomic mass is 10.2. The van der Waals surface area contributed by atoms with Crippen LogP contribution < -0.4 is 15.4 Å². The Bertz CT molecular complexity index is 752. The highest BCUT2D eigenvalue weighted by molar-refractivity contribution is 8.00. The summed E-state index contributed by atoms with van der Waals surface area (Å²) in [5, 5.41) is 5.61. The van der Waals surface area contributed by atoms with Gasteiger partial charge >= 0.3 is 0 Å². The van der Waals surface area contributed by atoms with Gasteiger partial charge in [-0.1, -0.05) is 18.2 Å². The molecule has 0 aromatic heterocycles. The van der Waals surface area contributed by atoms with Crippen molar-refractivity contribution in [1.82, 2.24) is 5.32 Å². The van der Waals surface area contributed by atoms with Crippen molar-refractivity contribution in [2.45, 2.75) is 4.90 Å². The lowest BCUT2D eigenvalue weighted by molar-refractivity contribution is -0.118. The molecular formula is C19H22N2O4S. The van der Waals surface area contributed by atoms with Crippen LogP contribution in [0.4, 0.5) is 5.69 Å². The first kappa shape index (κ1) is 19.8. The van der Waals surface area contributed by atoms with Gasteiger partial charge in [0.15, 0.2) is 0 Å². The number of ether oxygens (including phenoxy) is 2. The zero-order valence-corrected chi connectivity index (χ0v) is 15.6. The third-order valence-corrected chi connectivity index (χ3v) is 4.52. The topological polar surface area (TPSA) is 76.7 Å². The smallest absolute Gasteiger partial charge is 0.256 e. The van der Waals surface area contributed by atoms with Gasteiger partial charge in [0.25, 0.3) is 5.91 Å². The molecule has 0 unspecified atom stereocenters. The number of carbonyl (C=O) groups excluding carboxylic acids is 2. The molecule has 2 aromatic rings. The highest BCUT2D eigenvalue weighted by atomic mass is 32.2. The fraction of sp³-hybridized carbons (Fsp3) is 0.263. The van der Waals surface area contributed by atoms with Crippen molar-refractivity contribution in [3.8, 4) is 5.75 Å². The number of hydrogen-bond donors (Lipinski definition) is 2. The van der Waals surface area contributed by atoms with Crippen LogP contribution in [0.3, 0.4) is 0 Å². The molecule has 7 heteroatoms. The average Bonchev–Trinajstić information content (AvgIpc) is 2.67. The summed E-state index contributed by atoms with van der Waals surface area (Å²) in [7, 11) is 3.16. The fourth-order valence-corrected chi connectivity index (χ4v) is 3.05. The minimum Gasteiger partial charge on any atom is -0.497 e. The Morgan fingerprint density at radius 1 is 1.08 bits per heavy atom. The van der Waals surface area contributed by atoms with Crippen LogP contribution in [0.2, 0.25) is 0 Å². The van der Waals surface area contributed by atoms with E-state index in [9.17, 15) is 9.59 Å². The molecule has 0 saturated heterocycles. The predicted molar refractivity (Wildman–Crippen MR) is 103 cm³/mol. The molecule has 0 bridgehead atoms. The summed E-state index contributed by atoms with van der Waals surface area (Å²) < 4.78 is 10.1. The van der Waals surface area contributed by atoms with Crippen LogP contribution in [0.1, 0.15) is 10.4 Å². The third kappa shape index (κ3) is 6.09. The minimum atomic E-state index is -0.235. The quantitative estimate of drug-likeness (QED) is 0.521. The van der Waals surface area contributed by atoms with Gasteiger partial charge in [0.1, 0.15) is 5.75 Å². The highest BCUT2D eigenvalue weighted by Crippen LogP contribution is 2.24. The SMILES string of the molecule is COCCNC(=O)CSc1ccccc1C(=O)Nc1cccc(OC)c1. The van der Waals surface area contributed by atoms with Crippen LogP contribution in [0.25, 0.3) is 0 Å². The standard InChI is InChI=1S/C19H22N2O4S/c1-24-11-10-20-18(22)13-26-17-9-4-3-8-16(17)19(23)21-14-6-5-7-15(12-14)25-2/h3-9,12H,10-11,13H2,1-2H3,(H,20,22)(H,21,23). The maximum atomic E-state index is 12.6. The van der Waals surface area contributed by atoms with Crippen LogP contribution in [-0.4, -0.2) is 44.9 Å². The number of thioether (sulfide) groups is 1. The Labute approximate surface area is 157 Å². The van der Waals surface area contributed by atoms with Gasteiger partial charge in [-0.05, 0) is 24.3 Å². The molecule has 0 spiro atoms. The number of methoxy groups -OCH3 is 2. The Kier molecular flexibility index (Phi) is 7.98. The van der Waals surface area contributed by atoms with Crippen LogP contribution in [0.15, 0.2) is 53.4 Å². The number of amides is 2. The molecule has 2 aromatic carbocycles. The number of rotatable bonds is 9. The summed E-state index contributed by atoms with van der Waals surface area (Å²) in [6.45, 7) is 0.934. The van der Waals surface area contributed by atoms with Gasteiger partial charge in [0, 0.05) is 30.3 Å².